The molecule has 0 aromatic heterocycles. The van der Waals surface area contributed by atoms with Crippen molar-refractivity contribution >= 4 is 11.6 Å². The van der Waals surface area contributed by atoms with E-state index in [4.69, 9.17) is 11.6 Å². The SMILES string of the molecule is Cc1cccc(CF)c1CCl. The Bertz CT molecular complexity index is 245. The van der Waals surface area contributed by atoms with Crippen LogP contribution in [0.2, 0.25) is 0 Å². The van der Waals surface area contributed by atoms with Crippen LogP contribution in [0.15, 0.2) is 18.2 Å². The molecule has 0 radical (unpaired) electrons. The Hall–Kier alpha value is -0.560. The van der Waals surface area contributed by atoms with Crippen LogP contribution in [0.5, 0.6) is 0 Å². The third-order valence-corrected chi connectivity index (χ3v) is 2.05. The molecule has 0 N–H and O–H groups in total. The van der Waals surface area contributed by atoms with E-state index in [2.05, 4.69) is 0 Å². The van der Waals surface area contributed by atoms with Crippen LogP contribution in [0.25, 0.3) is 0 Å². The van der Waals surface area contributed by atoms with E-state index in [0.29, 0.717) is 11.4 Å². The van der Waals surface area contributed by atoms with Gasteiger partial charge in [0.05, 0.1) is 0 Å². The minimum atomic E-state index is -0.427. The van der Waals surface area contributed by atoms with Crippen molar-refractivity contribution in [1.82, 2.24) is 0 Å². The molecular weight excluding hydrogens is 163 g/mol. The normalized spacial score (nSPS) is 10.1. The molecule has 1 aromatic carbocycles. The number of hydrogen-bond acceptors (Lipinski definition) is 0. The van der Waals surface area contributed by atoms with Crippen molar-refractivity contribution in [2.75, 3.05) is 0 Å². The van der Waals surface area contributed by atoms with E-state index < -0.39 is 6.67 Å². The molecule has 0 heterocycles. The summed E-state index contributed by atoms with van der Waals surface area (Å²) in [5.74, 6) is 0.395. The Balaban J connectivity index is 3.13. The Kier molecular flexibility index (Phi) is 2.89. The van der Waals surface area contributed by atoms with Crippen LogP contribution in [0.4, 0.5) is 4.39 Å². The fourth-order valence-corrected chi connectivity index (χ4v) is 1.46. The van der Waals surface area contributed by atoms with Gasteiger partial charge in [-0.2, -0.15) is 0 Å². The lowest BCUT2D eigenvalue weighted by Gasteiger charge is -2.05. The van der Waals surface area contributed by atoms with Crippen LogP contribution in [0, 0.1) is 6.92 Å². The minimum Gasteiger partial charge on any atom is -0.246 e. The van der Waals surface area contributed by atoms with Gasteiger partial charge in [-0.3, -0.25) is 0 Å². The van der Waals surface area contributed by atoms with Crippen molar-refractivity contribution < 1.29 is 4.39 Å². The first-order chi connectivity index (χ1) is 5.29. The van der Waals surface area contributed by atoms with Gasteiger partial charge in [-0.05, 0) is 23.6 Å². The predicted molar refractivity (Wildman–Crippen MR) is 45.5 cm³/mol. The molecule has 11 heavy (non-hydrogen) atoms. The number of aryl methyl sites for hydroxylation is 1. The monoisotopic (exact) mass is 172 g/mol. The van der Waals surface area contributed by atoms with E-state index in [1.165, 1.54) is 0 Å². The van der Waals surface area contributed by atoms with Gasteiger partial charge >= 0.3 is 0 Å². The predicted octanol–water partition coefficient (Wildman–Crippen LogP) is 3.20. The molecule has 0 amide bonds. The first kappa shape index (κ1) is 8.54. The molecule has 0 atom stereocenters. The van der Waals surface area contributed by atoms with Gasteiger partial charge in [0.2, 0.25) is 0 Å². The van der Waals surface area contributed by atoms with E-state index in [9.17, 15) is 4.39 Å². The van der Waals surface area contributed by atoms with Crippen molar-refractivity contribution in [1.29, 1.82) is 0 Å². The van der Waals surface area contributed by atoms with Crippen molar-refractivity contribution in [2.45, 2.75) is 19.5 Å². The Labute approximate surface area is 71.0 Å². The maximum absolute atomic E-state index is 12.3. The molecule has 0 aliphatic carbocycles. The lowest BCUT2D eigenvalue weighted by atomic mass is 10.0. The number of alkyl halides is 2. The highest BCUT2D eigenvalue weighted by atomic mass is 35.5. The standard InChI is InChI=1S/C9H10ClF/c1-7-3-2-4-8(6-11)9(7)5-10/h2-4H,5-6H2,1H3. The first-order valence-corrected chi connectivity index (χ1v) is 4.02. The van der Waals surface area contributed by atoms with E-state index in [1.807, 2.05) is 19.1 Å². The van der Waals surface area contributed by atoms with Crippen LogP contribution in [0.3, 0.4) is 0 Å². The molecular formula is C9H10ClF. The summed E-state index contributed by atoms with van der Waals surface area (Å²) < 4.78 is 12.3. The van der Waals surface area contributed by atoms with Crippen LogP contribution in [0.1, 0.15) is 16.7 Å². The second-order valence-corrected chi connectivity index (χ2v) is 2.75. The smallest absolute Gasteiger partial charge is 0.115 e. The third kappa shape index (κ3) is 1.72. The highest BCUT2D eigenvalue weighted by Crippen LogP contribution is 2.17. The molecule has 1 aromatic rings. The van der Waals surface area contributed by atoms with Gasteiger partial charge in [0.25, 0.3) is 0 Å². The number of hydrogen-bond donors (Lipinski definition) is 0. The fourth-order valence-electron chi connectivity index (χ4n) is 1.08. The third-order valence-electron chi connectivity index (χ3n) is 1.78. The van der Waals surface area contributed by atoms with Crippen LogP contribution >= 0.6 is 11.6 Å². The molecule has 0 aliphatic heterocycles. The Morgan fingerprint density at radius 2 is 2.18 bits per heavy atom. The van der Waals surface area contributed by atoms with Gasteiger partial charge in [0, 0.05) is 5.88 Å². The minimum absolute atomic E-state index is 0.395. The topological polar surface area (TPSA) is 0 Å². The maximum Gasteiger partial charge on any atom is 0.115 e. The summed E-state index contributed by atoms with van der Waals surface area (Å²) in [5, 5.41) is 0. The summed E-state index contributed by atoms with van der Waals surface area (Å²) in [4.78, 5) is 0. The molecule has 0 nitrogen and oxygen atoms in total. The second-order valence-electron chi connectivity index (χ2n) is 2.48. The van der Waals surface area contributed by atoms with E-state index in [0.717, 1.165) is 11.1 Å². The summed E-state index contributed by atoms with van der Waals surface area (Å²) in [6, 6.07) is 5.56. The van der Waals surface area contributed by atoms with Crippen LogP contribution in [-0.2, 0) is 12.6 Å². The zero-order valence-corrected chi connectivity index (χ0v) is 7.16. The van der Waals surface area contributed by atoms with Crippen molar-refractivity contribution in [3.8, 4) is 0 Å². The van der Waals surface area contributed by atoms with Crippen LogP contribution < -0.4 is 0 Å². The fraction of sp³-hybridized carbons (Fsp3) is 0.333. The largest absolute Gasteiger partial charge is 0.246 e. The van der Waals surface area contributed by atoms with Crippen molar-refractivity contribution in [3.63, 3.8) is 0 Å². The van der Waals surface area contributed by atoms with Crippen LogP contribution in [-0.4, -0.2) is 0 Å². The molecule has 0 saturated heterocycles. The molecule has 60 valence electrons. The van der Waals surface area contributed by atoms with Crippen molar-refractivity contribution in [3.05, 3.63) is 34.9 Å². The van der Waals surface area contributed by atoms with Gasteiger partial charge in [-0.25, -0.2) is 4.39 Å². The van der Waals surface area contributed by atoms with Gasteiger partial charge in [0.1, 0.15) is 6.67 Å². The van der Waals surface area contributed by atoms with E-state index in [-0.39, 0.29) is 0 Å². The zero-order chi connectivity index (χ0) is 8.27. The summed E-state index contributed by atoms with van der Waals surface area (Å²) in [5.41, 5.74) is 2.70. The summed E-state index contributed by atoms with van der Waals surface area (Å²) in [6.45, 7) is 1.51. The lowest BCUT2D eigenvalue weighted by molar-refractivity contribution is 0.483. The Morgan fingerprint density at radius 3 is 2.64 bits per heavy atom. The summed E-state index contributed by atoms with van der Waals surface area (Å²) in [7, 11) is 0. The molecule has 1 rings (SSSR count). The molecule has 0 unspecified atom stereocenters. The molecule has 0 bridgehead atoms. The first-order valence-electron chi connectivity index (χ1n) is 3.49. The summed E-state index contributed by atoms with van der Waals surface area (Å²) >= 11 is 5.65. The van der Waals surface area contributed by atoms with Crippen molar-refractivity contribution in [2.24, 2.45) is 0 Å². The molecule has 0 aliphatic rings. The number of halogens is 2. The molecule has 0 saturated carbocycles. The van der Waals surface area contributed by atoms with Gasteiger partial charge in [0.15, 0.2) is 0 Å². The van der Waals surface area contributed by atoms with Gasteiger partial charge in [-0.15, -0.1) is 11.6 Å². The number of rotatable bonds is 2. The Morgan fingerprint density at radius 1 is 1.45 bits per heavy atom. The lowest BCUT2D eigenvalue weighted by Crippen LogP contribution is -1.91. The van der Waals surface area contributed by atoms with E-state index in [1.54, 1.807) is 6.07 Å². The highest BCUT2D eigenvalue weighted by Gasteiger charge is 2.02. The molecule has 0 fully saturated rings. The van der Waals surface area contributed by atoms with Gasteiger partial charge in [-0.1, -0.05) is 18.2 Å². The summed E-state index contributed by atoms with van der Waals surface area (Å²) in [6.07, 6.45) is 0. The molecule has 0 spiro atoms. The quantitative estimate of drug-likeness (QED) is 0.601. The maximum atomic E-state index is 12.3. The average Bonchev–Trinajstić information content (AvgIpc) is 2.04. The van der Waals surface area contributed by atoms with E-state index >= 15 is 0 Å². The average molecular weight is 173 g/mol. The second kappa shape index (κ2) is 3.72. The highest BCUT2D eigenvalue weighted by molar-refractivity contribution is 6.17. The number of benzene rings is 1. The van der Waals surface area contributed by atoms with Gasteiger partial charge < -0.3 is 0 Å². The molecule has 2 heteroatoms. The zero-order valence-electron chi connectivity index (χ0n) is 6.40.